The summed E-state index contributed by atoms with van der Waals surface area (Å²) in [4.78, 5) is 14.5. The van der Waals surface area contributed by atoms with Gasteiger partial charge in [0.05, 0.1) is 18.4 Å². The van der Waals surface area contributed by atoms with Gasteiger partial charge in [0, 0.05) is 16.7 Å². The smallest absolute Gasteiger partial charge is 0.258 e. The molecule has 1 heterocycles. The molecule has 2 aromatic rings. The minimum absolute atomic E-state index is 0.112. The van der Waals surface area contributed by atoms with Crippen LogP contribution in [0.4, 0.5) is 5.69 Å². The number of nitrogens with zero attached hydrogens (tertiary/aromatic N) is 1. The van der Waals surface area contributed by atoms with Gasteiger partial charge in [0.1, 0.15) is 5.75 Å². The van der Waals surface area contributed by atoms with Crippen molar-refractivity contribution in [3.05, 3.63) is 71.6 Å². The molecule has 0 spiro atoms. The third kappa shape index (κ3) is 3.91. The second-order valence-electron chi connectivity index (χ2n) is 5.69. The monoisotopic (exact) mass is 357 g/mol. The molecule has 0 bridgehead atoms. The largest absolute Gasteiger partial charge is 0.494 e. The van der Waals surface area contributed by atoms with Crippen molar-refractivity contribution in [3.63, 3.8) is 0 Å². The van der Waals surface area contributed by atoms with Crippen LogP contribution in [0.5, 0.6) is 5.75 Å². The fourth-order valence-corrected chi connectivity index (χ4v) is 4.04. The lowest BCUT2D eigenvalue weighted by atomic mass is 10.1. The van der Waals surface area contributed by atoms with Crippen molar-refractivity contribution in [2.24, 2.45) is 0 Å². The predicted molar refractivity (Wildman–Crippen MR) is 97.6 cm³/mol. The second kappa shape index (κ2) is 7.11. The predicted octanol–water partition coefficient (Wildman–Crippen LogP) is 3.04. The van der Waals surface area contributed by atoms with Crippen LogP contribution in [0.1, 0.15) is 17.3 Å². The normalized spacial score (nSPS) is 18.0. The molecule has 0 aromatic heterocycles. The number of sulfone groups is 1. The van der Waals surface area contributed by atoms with Gasteiger partial charge in [-0.3, -0.25) is 4.79 Å². The lowest BCUT2D eigenvalue weighted by Crippen LogP contribution is -2.41. The number of benzene rings is 2. The van der Waals surface area contributed by atoms with E-state index in [0.717, 1.165) is 0 Å². The first kappa shape index (κ1) is 17.2. The first-order chi connectivity index (χ1) is 12.0. The average Bonchev–Trinajstić information content (AvgIpc) is 2.97. The summed E-state index contributed by atoms with van der Waals surface area (Å²) in [6, 6.07) is 15.4. The molecule has 2 aromatic carbocycles. The minimum Gasteiger partial charge on any atom is -0.494 e. The van der Waals surface area contributed by atoms with E-state index in [2.05, 4.69) is 0 Å². The summed E-state index contributed by atoms with van der Waals surface area (Å²) in [6.45, 7) is 2.45. The van der Waals surface area contributed by atoms with Gasteiger partial charge >= 0.3 is 0 Å². The second-order valence-corrected chi connectivity index (χ2v) is 7.62. The van der Waals surface area contributed by atoms with Crippen molar-refractivity contribution in [1.82, 2.24) is 0 Å². The van der Waals surface area contributed by atoms with Crippen LogP contribution >= 0.6 is 0 Å². The number of amides is 1. The molecule has 1 aliphatic heterocycles. The Morgan fingerprint density at radius 1 is 1.12 bits per heavy atom. The highest BCUT2D eigenvalue weighted by Gasteiger charge is 2.31. The summed E-state index contributed by atoms with van der Waals surface area (Å²) in [6.07, 6.45) is 1.56. The lowest BCUT2D eigenvalue weighted by molar-refractivity contribution is 0.0983. The van der Waals surface area contributed by atoms with Crippen molar-refractivity contribution in [1.29, 1.82) is 0 Å². The summed E-state index contributed by atoms with van der Waals surface area (Å²) in [5.74, 6) is 0.350. The quantitative estimate of drug-likeness (QED) is 0.825. The van der Waals surface area contributed by atoms with E-state index in [9.17, 15) is 13.2 Å². The molecule has 0 aliphatic carbocycles. The molecule has 0 fully saturated rings. The van der Waals surface area contributed by atoms with Crippen LogP contribution in [-0.4, -0.2) is 32.7 Å². The van der Waals surface area contributed by atoms with E-state index in [1.54, 1.807) is 54.6 Å². The summed E-state index contributed by atoms with van der Waals surface area (Å²) < 4.78 is 29.1. The van der Waals surface area contributed by atoms with Gasteiger partial charge in [-0.1, -0.05) is 18.2 Å². The van der Waals surface area contributed by atoms with Gasteiger partial charge in [0.2, 0.25) is 0 Å². The maximum atomic E-state index is 13.0. The van der Waals surface area contributed by atoms with Gasteiger partial charge < -0.3 is 9.64 Å². The standard InChI is InChI=1S/C19H19NO4S/c1-2-24-18-10-8-16(9-11-18)20(17-12-13-25(22,23)14-17)19(21)15-6-4-3-5-7-15/h3-13,17H,2,14H2,1H3/t17-/m1/s1. The lowest BCUT2D eigenvalue weighted by Gasteiger charge is -2.28. The fourth-order valence-electron chi connectivity index (χ4n) is 2.77. The highest BCUT2D eigenvalue weighted by Crippen LogP contribution is 2.27. The van der Waals surface area contributed by atoms with E-state index in [-0.39, 0.29) is 11.7 Å². The first-order valence-electron chi connectivity index (χ1n) is 8.02. The minimum atomic E-state index is -3.28. The summed E-state index contributed by atoms with van der Waals surface area (Å²) in [5, 5.41) is 1.18. The average molecular weight is 357 g/mol. The summed E-state index contributed by atoms with van der Waals surface area (Å²) >= 11 is 0. The van der Waals surface area contributed by atoms with Crippen LogP contribution in [0.2, 0.25) is 0 Å². The number of ether oxygens (including phenoxy) is 1. The van der Waals surface area contributed by atoms with Crippen LogP contribution in [0.15, 0.2) is 66.1 Å². The van der Waals surface area contributed by atoms with E-state index in [0.29, 0.717) is 23.6 Å². The molecule has 3 rings (SSSR count). The number of anilines is 1. The van der Waals surface area contributed by atoms with Crippen LogP contribution in [0, 0.1) is 0 Å². The van der Waals surface area contributed by atoms with E-state index in [4.69, 9.17) is 4.74 Å². The first-order valence-corrected chi connectivity index (χ1v) is 9.74. The van der Waals surface area contributed by atoms with E-state index in [1.165, 1.54) is 10.3 Å². The molecular formula is C19H19NO4S. The number of hydrogen-bond donors (Lipinski definition) is 0. The van der Waals surface area contributed by atoms with E-state index < -0.39 is 15.9 Å². The number of hydrogen-bond acceptors (Lipinski definition) is 4. The molecule has 130 valence electrons. The zero-order chi connectivity index (χ0) is 17.9. The molecule has 0 radical (unpaired) electrons. The molecule has 6 heteroatoms. The van der Waals surface area contributed by atoms with Crippen molar-refractivity contribution in [2.75, 3.05) is 17.3 Å². The topological polar surface area (TPSA) is 63.7 Å². The Labute approximate surface area is 147 Å². The van der Waals surface area contributed by atoms with Crippen molar-refractivity contribution >= 4 is 21.4 Å². The van der Waals surface area contributed by atoms with Crippen LogP contribution in [-0.2, 0) is 9.84 Å². The van der Waals surface area contributed by atoms with Crippen LogP contribution < -0.4 is 9.64 Å². The van der Waals surface area contributed by atoms with E-state index >= 15 is 0 Å². The van der Waals surface area contributed by atoms with Gasteiger partial charge in [-0.05, 0) is 49.4 Å². The fraction of sp³-hybridized carbons (Fsp3) is 0.211. The Morgan fingerprint density at radius 3 is 2.36 bits per heavy atom. The zero-order valence-corrected chi connectivity index (χ0v) is 14.6. The Morgan fingerprint density at radius 2 is 1.80 bits per heavy atom. The molecule has 5 nitrogen and oxygen atoms in total. The van der Waals surface area contributed by atoms with Gasteiger partial charge in [-0.15, -0.1) is 0 Å². The highest BCUT2D eigenvalue weighted by atomic mass is 32.2. The van der Waals surface area contributed by atoms with Crippen molar-refractivity contribution in [2.45, 2.75) is 13.0 Å². The number of carbonyl (C=O) groups is 1. The van der Waals surface area contributed by atoms with Gasteiger partial charge in [0.15, 0.2) is 9.84 Å². The molecule has 0 N–H and O–H groups in total. The van der Waals surface area contributed by atoms with Crippen molar-refractivity contribution in [3.8, 4) is 5.75 Å². The Bertz CT molecular complexity index is 873. The number of carbonyl (C=O) groups excluding carboxylic acids is 1. The molecule has 1 amide bonds. The van der Waals surface area contributed by atoms with Gasteiger partial charge in [0.25, 0.3) is 5.91 Å². The zero-order valence-electron chi connectivity index (χ0n) is 13.8. The molecule has 0 saturated heterocycles. The summed E-state index contributed by atoms with van der Waals surface area (Å²) in [5.41, 5.74) is 1.14. The maximum Gasteiger partial charge on any atom is 0.258 e. The van der Waals surface area contributed by atoms with Crippen LogP contribution in [0.3, 0.4) is 0 Å². The molecule has 1 aliphatic rings. The third-order valence-corrected chi connectivity index (χ3v) is 5.29. The summed E-state index contributed by atoms with van der Waals surface area (Å²) in [7, 11) is -3.28. The molecular weight excluding hydrogens is 338 g/mol. The number of rotatable bonds is 5. The molecule has 1 atom stereocenters. The maximum absolute atomic E-state index is 13.0. The Kier molecular flexibility index (Phi) is 4.90. The molecule has 0 unspecified atom stereocenters. The van der Waals surface area contributed by atoms with Crippen LogP contribution in [0.25, 0.3) is 0 Å². The van der Waals surface area contributed by atoms with E-state index in [1.807, 2.05) is 13.0 Å². The third-order valence-electron chi connectivity index (χ3n) is 3.91. The van der Waals surface area contributed by atoms with Gasteiger partial charge in [-0.2, -0.15) is 0 Å². The molecule has 0 saturated carbocycles. The highest BCUT2D eigenvalue weighted by molar-refractivity contribution is 7.94. The Balaban J connectivity index is 1.97. The Hall–Kier alpha value is -2.60. The van der Waals surface area contributed by atoms with Gasteiger partial charge in [-0.25, -0.2) is 8.42 Å². The SMILES string of the molecule is CCOc1ccc(N(C(=O)c2ccccc2)[C@@H]2C=CS(=O)(=O)C2)cc1. The molecule has 25 heavy (non-hydrogen) atoms. The van der Waals surface area contributed by atoms with Crippen molar-refractivity contribution < 1.29 is 17.9 Å².